The molecule has 6 nitrogen and oxygen atoms in total. The van der Waals surface area contributed by atoms with Crippen molar-refractivity contribution in [2.75, 3.05) is 25.6 Å². The van der Waals surface area contributed by atoms with Crippen molar-refractivity contribution in [3.05, 3.63) is 126 Å². The van der Waals surface area contributed by atoms with Crippen molar-refractivity contribution in [3.63, 3.8) is 0 Å². The van der Waals surface area contributed by atoms with Crippen molar-refractivity contribution >= 4 is 46.4 Å². The highest BCUT2D eigenvalue weighted by Gasteiger charge is 2.35. The fourth-order valence-corrected chi connectivity index (χ4v) is 5.55. The van der Waals surface area contributed by atoms with Gasteiger partial charge in [-0.2, -0.15) is 0 Å². The molecule has 192 valence electrons. The van der Waals surface area contributed by atoms with Crippen LogP contribution in [-0.2, 0) is 9.53 Å². The van der Waals surface area contributed by atoms with Gasteiger partial charge in [0.15, 0.2) is 4.80 Å². The molecule has 0 N–H and O–H groups in total. The largest absolute Gasteiger partial charge is 0.463 e. The SMILES string of the molecule is CCOC(=O)C1=C(c2ccccc2)N=c2s/c(=C/c3ccc(N(C)C)cc3)c(=O)n2[C@@H]1c1ccc(Cl)cc1. The summed E-state index contributed by atoms with van der Waals surface area (Å²) in [6, 6.07) is 23.9. The number of esters is 1. The molecule has 3 aromatic carbocycles. The van der Waals surface area contributed by atoms with Gasteiger partial charge in [-0.15, -0.1) is 0 Å². The third kappa shape index (κ3) is 4.95. The van der Waals surface area contributed by atoms with E-state index in [1.54, 1.807) is 23.6 Å². The van der Waals surface area contributed by atoms with Crippen LogP contribution in [0.25, 0.3) is 11.8 Å². The number of aromatic nitrogens is 1. The number of fused-ring (bicyclic) bond motifs is 1. The lowest BCUT2D eigenvalue weighted by molar-refractivity contribution is -0.138. The first-order valence-corrected chi connectivity index (χ1v) is 13.4. The number of nitrogens with zero attached hydrogens (tertiary/aromatic N) is 3. The molecule has 0 fully saturated rings. The zero-order valence-electron chi connectivity index (χ0n) is 21.2. The number of carbonyl (C=O) groups excluding carboxylic acids is 1. The van der Waals surface area contributed by atoms with Gasteiger partial charge < -0.3 is 9.64 Å². The molecular weight excluding hydrogens is 518 g/mol. The molecule has 0 amide bonds. The Kier molecular flexibility index (Phi) is 7.31. The van der Waals surface area contributed by atoms with Crippen molar-refractivity contribution in [1.29, 1.82) is 0 Å². The maximum atomic E-state index is 13.9. The smallest absolute Gasteiger partial charge is 0.338 e. The van der Waals surface area contributed by atoms with Crippen molar-refractivity contribution in [2.24, 2.45) is 4.99 Å². The summed E-state index contributed by atoms with van der Waals surface area (Å²) < 4.78 is 7.61. The minimum atomic E-state index is -0.726. The quantitative estimate of drug-likeness (QED) is 0.332. The highest BCUT2D eigenvalue weighted by molar-refractivity contribution is 7.07. The van der Waals surface area contributed by atoms with Crippen molar-refractivity contribution < 1.29 is 9.53 Å². The van der Waals surface area contributed by atoms with Gasteiger partial charge in [0.25, 0.3) is 5.56 Å². The normalized spacial score (nSPS) is 15.2. The molecule has 8 heteroatoms. The van der Waals surface area contributed by atoms with Crippen LogP contribution in [-0.4, -0.2) is 31.2 Å². The Morgan fingerprint density at radius 1 is 1.05 bits per heavy atom. The number of halogens is 1. The lowest BCUT2D eigenvalue weighted by Gasteiger charge is -2.25. The maximum absolute atomic E-state index is 13.9. The van der Waals surface area contributed by atoms with Gasteiger partial charge >= 0.3 is 5.97 Å². The Bertz CT molecular complexity index is 1690. The van der Waals surface area contributed by atoms with E-state index in [0.29, 0.717) is 25.6 Å². The Balaban J connectivity index is 1.78. The molecule has 0 aliphatic carbocycles. The molecule has 4 aromatic rings. The summed E-state index contributed by atoms with van der Waals surface area (Å²) in [6.07, 6.45) is 1.86. The van der Waals surface area contributed by atoms with E-state index in [9.17, 15) is 9.59 Å². The summed E-state index contributed by atoms with van der Waals surface area (Å²) in [5.41, 5.74) is 4.06. The van der Waals surface area contributed by atoms with Crippen LogP contribution in [0.1, 0.15) is 29.7 Å². The average Bonchev–Trinajstić information content (AvgIpc) is 3.23. The number of ether oxygens (including phenoxy) is 1. The van der Waals surface area contributed by atoms with Gasteiger partial charge in [-0.05, 0) is 48.4 Å². The molecule has 0 saturated carbocycles. The molecule has 1 aliphatic heterocycles. The van der Waals surface area contributed by atoms with Gasteiger partial charge in [-0.3, -0.25) is 9.36 Å². The van der Waals surface area contributed by atoms with Crippen LogP contribution in [0, 0.1) is 0 Å². The first-order valence-electron chi connectivity index (χ1n) is 12.2. The molecular formula is C30H26ClN3O3S. The second kappa shape index (κ2) is 10.8. The van der Waals surface area contributed by atoms with E-state index in [1.165, 1.54) is 11.3 Å². The van der Waals surface area contributed by atoms with Crippen molar-refractivity contribution in [2.45, 2.75) is 13.0 Å². The van der Waals surface area contributed by atoms with Crippen LogP contribution in [0.2, 0.25) is 5.02 Å². The molecule has 2 heterocycles. The molecule has 0 unspecified atom stereocenters. The Hall–Kier alpha value is -3.94. The minimum absolute atomic E-state index is 0.200. The van der Waals surface area contributed by atoms with E-state index < -0.39 is 12.0 Å². The number of benzene rings is 3. The Labute approximate surface area is 229 Å². The molecule has 38 heavy (non-hydrogen) atoms. The number of rotatable bonds is 6. The van der Waals surface area contributed by atoms with E-state index in [4.69, 9.17) is 21.3 Å². The van der Waals surface area contributed by atoms with Crippen LogP contribution < -0.4 is 19.8 Å². The standard InChI is InChI=1S/C30H26ClN3O3S/c1-4-37-29(36)25-26(20-8-6-5-7-9-20)32-30-34(27(25)21-12-14-22(31)15-13-21)28(35)24(38-30)18-19-10-16-23(17-11-19)33(2)3/h5-18,27H,4H2,1-3H3/b24-18+/t27-/m1/s1. The molecule has 0 radical (unpaired) electrons. The Morgan fingerprint density at radius 2 is 1.74 bits per heavy atom. The summed E-state index contributed by atoms with van der Waals surface area (Å²) >= 11 is 7.48. The van der Waals surface area contributed by atoms with E-state index >= 15 is 0 Å². The third-order valence-corrected chi connectivity index (χ3v) is 7.50. The van der Waals surface area contributed by atoms with Crippen LogP contribution in [0.15, 0.2) is 94.2 Å². The van der Waals surface area contributed by atoms with E-state index in [-0.39, 0.29) is 12.2 Å². The van der Waals surface area contributed by atoms with E-state index in [1.807, 2.05) is 91.8 Å². The molecule has 1 atom stereocenters. The maximum Gasteiger partial charge on any atom is 0.338 e. The van der Waals surface area contributed by atoms with Gasteiger partial charge in [-0.25, -0.2) is 9.79 Å². The molecule has 5 rings (SSSR count). The van der Waals surface area contributed by atoms with Gasteiger partial charge in [0, 0.05) is 30.4 Å². The fourth-order valence-electron chi connectivity index (χ4n) is 4.42. The lowest BCUT2D eigenvalue weighted by Crippen LogP contribution is -2.40. The topological polar surface area (TPSA) is 63.9 Å². The van der Waals surface area contributed by atoms with Gasteiger partial charge in [0.05, 0.1) is 28.5 Å². The summed E-state index contributed by atoms with van der Waals surface area (Å²) in [6.45, 7) is 1.96. The molecule has 0 spiro atoms. The molecule has 1 aromatic heterocycles. The van der Waals surface area contributed by atoms with Gasteiger partial charge in [0.2, 0.25) is 0 Å². The van der Waals surface area contributed by atoms with Crippen molar-refractivity contribution in [3.8, 4) is 0 Å². The fraction of sp³-hybridized carbons (Fsp3) is 0.167. The second-order valence-electron chi connectivity index (χ2n) is 8.97. The van der Waals surface area contributed by atoms with Crippen LogP contribution in [0.4, 0.5) is 5.69 Å². The summed E-state index contributed by atoms with van der Waals surface area (Å²) in [5.74, 6) is -0.511. The average molecular weight is 544 g/mol. The van der Waals surface area contributed by atoms with Crippen molar-refractivity contribution in [1.82, 2.24) is 4.57 Å². The summed E-state index contributed by atoms with van der Waals surface area (Å²) in [7, 11) is 3.96. The zero-order chi connectivity index (χ0) is 26.8. The first kappa shape index (κ1) is 25.7. The number of hydrogen-bond acceptors (Lipinski definition) is 6. The molecule has 1 aliphatic rings. The second-order valence-corrected chi connectivity index (χ2v) is 10.4. The Morgan fingerprint density at radius 3 is 2.37 bits per heavy atom. The van der Waals surface area contributed by atoms with E-state index in [0.717, 1.165) is 22.4 Å². The lowest BCUT2D eigenvalue weighted by atomic mass is 9.93. The van der Waals surface area contributed by atoms with Crippen LogP contribution in [0.5, 0.6) is 0 Å². The highest BCUT2D eigenvalue weighted by Crippen LogP contribution is 2.35. The van der Waals surface area contributed by atoms with Crippen LogP contribution in [0.3, 0.4) is 0 Å². The summed E-state index contributed by atoms with van der Waals surface area (Å²) in [4.78, 5) is 34.7. The molecule has 0 bridgehead atoms. The van der Waals surface area contributed by atoms with Gasteiger partial charge in [-0.1, -0.05) is 77.5 Å². The zero-order valence-corrected chi connectivity index (χ0v) is 22.8. The van der Waals surface area contributed by atoms with Crippen LogP contribution >= 0.6 is 22.9 Å². The predicted molar refractivity (Wildman–Crippen MR) is 153 cm³/mol. The number of thiazole rings is 1. The first-order chi connectivity index (χ1) is 18.4. The molecule has 0 saturated heterocycles. The number of carbonyl (C=O) groups is 1. The predicted octanol–water partition coefficient (Wildman–Crippen LogP) is 4.66. The number of hydrogen-bond donors (Lipinski definition) is 0. The van der Waals surface area contributed by atoms with E-state index in [2.05, 4.69) is 0 Å². The minimum Gasteiger partial charge on any atom is -0.463 e. The summed E-state index contributed by atoms with van der Waals surface area (Å²) in [5, 5.41) is 0.562. The monoisotopic (exact) mass is 543 g/mol. The third-order valence-electron chi connectivity index (χ3n) is 6.27. The van der Waals surface area contributed by atoms with Gasteiger partial charge in [0.1, 0.15) is 0 Å². The number of anilines is 1. The highest BCUT2D eigenvalue weighted by atomic mass is 35.5.